The first kappa shape index (κ1) is 11.2. The molecule has 2 heterocycles. The first-order valence-corrected chi connectivity index (χ1v) is 6.21. The molecule has 92 valence electrons. The fourth-order valence-corrected chi connectivity index (χ4v) is 2.35. The van der Waals surface area contributed by atoms with Gasteiger partial charge in [0.1, 0.15) is 0 Å². The van der Waals surface area contributed by atoms with Crippen LogP contribution >= 0.6 is 0 Å². The van der Waals surface area contributed by atoms with Gasteiger partial charge >= 0.3 is 0 Å². The van der Waals surface area contributed by atoms with Crippen LogP contribution < -0.4 is 10.2 Å². The molecule has 1 aliphatic heterocycles. The lowest BCUT2D eigenvalue weighted by molar-refractivity contribution is 0.764. The van der Waals surface area contributed by atoms with E-state index in [1.165, 1.54) is 11.3 Å². The number of hydrogen-bond donors (Lipinski definition) is 1. The third kappa shape index (κ3) is 1.95. The van der Waals surface area contributed by atoms with Gasteiger partial charge in [-0.15, -0.1) is 5.10 Å². The molecule has 4 heteroatoms. The van der Waals surface area contributed by atoms with E-state index in [-0.39, 0.29) is 0 Å². The first-order valence-electron chi connectivity index (χ1n) is 6.21. The van der Waals surface area contributed by atoms with Gasteiger partial charge in [-0.3, -0.25) is 0 Å². The Balaban J connectivity index is 1.88. The van der Waals surface area contributed by atoms with Crippen molar-refractivity contribution in [3.63, 3.8) is 0 Å². The molecule has 2 aromatic rings. The lowest BCUT2D eigenvalue weighted by atomic mass is 10.2. The van der Waals surface area contributed by atoms with Crippen LogP contribution in [0, 0.1) is 0 Å². The molecule has 1 aromatic carbocycles. The summed E-state index contributed by atoms with van der Waals surface area (Å²) in [6, 6.07) is 12.6. The largest absolute Gasteiger partial charge is 0.324 e. The number of benzene rings is 1. The molecule has 1 N–H and O–H groups in total. The van der Waals surface area contributed by atoms with Crippen LogP contribution in [0.4, 0.5) is 11.5 Å². The van der Waals surface area contributed by atoms with Crippen LogP contribution in [0.1, 0.15) is 11.3 Å². The van der Waals surface area contributed by atoms with Gasteiger partial charge in [-0.1, -0.05) is 18.2 Å². The summed E-state index contributed by atoms with van der Waals surface area (Å²) in [7, 11) is 1.91. The summed E-state index contributed by atoms with van der Waals surface area (Å²) >= 11 is 0. The number of para-hydroxylation sites is 1. The summed E-state index contributed by atoms with van der Waals surface area (Å²) in [5.41, 5.74) is 3.61. The Kier molecular flexibility index (Phi) is 2.94. The smallest absolute Gasteiger partial charge is 0.155 e. The van der Waals surface area contributed by atoms with Crippen LogP contribution in [0.2, 0.25) is 0 Å². The van der Waals surface area contributed by atoms with Gasteiger partial charge in [0, 0.05) is 18.8 Å². The van der Waals surface area contributed by atoms with Gasteiger partial charge in [-0.25, -0.2) is 0 Å². The Morgan fingerprint density at radius 3 is 2.83 bits per heavy atom. The molecule has 0 saturated carbocycles. The number of nitrogens with one attached hydrogen (secondary N) is 1. The molecule has 0 saturated heterocycles. The van der Waals surface area contributed by atoms with Crippen molar-refractivity contribution in [2.75, 3.05) is 18.5 Å². The predicted molar refractivity (Wildman–Crippen MR) is 71.9 cm³/mol. The number of aromatic nitrogens is 2. The lowest BCUT2D eigenvalue weighted by Gasteiger charge is -2.17. The van der Waals surface area contributed by atoms with E-state index in [4.69, 9.17) is 0 Å². The van der Waals surface area contributed by atoms with E-state index in [1.807, 2.05) is 19.2 Å². The quantitative estimate of drug-likeness (QED) is 0.889. The second-order valence-electron chi connectivity index (χ2n) is 4.44. The second kappa shape index (κ2) is 4.74. The fourth-order valence-electron chi connectivity index (χ4n) is 2.35. The van der Waals surface area contributed by atoms with E-state index >= 15 is 0 Å². The third-order valence-corrected chi connectivity index (χ3v) is 3.23. The zero-order valence-electron chi connectivity index (χ0n) is 10.4. The number of hydrogen-bond acceptors (Lipinski definition) is 4. The van der Waals surface area contributed by atoms with Gasteiger partial charge < -0.3 is 10.2 Å². The van der Waals surface area contributed by atoms with Gasteiger partial charge in [0.15, 0.2) is 5.82 Å². The Bertz CT molecular complexity index is 536. The number of anilines is 2. The molecule has 4 nitrogen and oxygen atoms in total. The number of rotatable bonds is 3. The summed E-state index contributed by atoms with van der Waals surface area (Å²) < 4.78 is 0. The molecule has 0 spiro atoms. The van der Waals surface area contributed by atoms with Crippen LogP contribution in [0.5, 0.6) is 0 Å². The topological polar surface area (TPSA) is 41.0 Å². The van der Waals surface area contributed by atoms with Crippen LogP contribution in [0.25, 0.3) is 0 Å². The molecular formula is C14H16N4. The third-order valence-electron chi connectivity index (χ3n) is 3.23. The lowest BCUT2D eigenvalue weighted by Crippen LogP contribution is -2.16. The Morgan fingerprint density at radius 2 is 2.06 bits per heavy atom. The summed E-state index contributed by atoms with van der Waals surface area (Å²) in [4.78, 5) is 2.23. The van der Waals surface area contributed by atoms with Crippen molar-refractivity contribution in [3.8, 4) is 0 Å². The van der Waals surface area contributed by atoms with Gasteiger partial charge in [0.25, 0.3) is 0 Å². The number of nitrogens with zero attached hydrogens (tertiary/aromatic N) is 3. The fraction of sp³-hybridized carbons (Fsp3) is 0.286. The minimum Gasteiger partial charge on any atom is -0.324 e. The SMILES string of the molecule is CNCc1ccc(N2CCc3ccccc32)nn1. The Hall–Kier alpha value is -1.94. The average Bonchev–Trinajstić information content (AvgIpc) is 2.84. The first-order chi connectivity index (χ1) is 8.88. The molecule has 0 unspecified atom stereocenters. The minimum absolute atomic E-state index is 0.754. The van der Waals surface area contributed by atoms with E-state index in [2.05, 4.69) is 44.7 Å². The maximum Gasteiger partial charge on any atom is 0.155 e. The molecule has 0 aliphatic carbocycles. The minimum atomic E-state index is 0.754. The van der Waals surface area contributed by atoms with Crippen molar-refractivity contribution in [3.05, 3.63) is 47.7 Å². The van der Waals surface area contributed by atoms with Crippen LogP contribution in [-0.4, -0.2) is 23.8 Å². The van der Waals surface area contributed by atoms with Crippen molar-refractivity contribution in [1.82, 2.24) is 15.5 Å². The predicted octanol–water partition coefficient (Wildman–Crippen LogP) is 1.89. The highest BCUT2D eigenvalue weighted by molar-refractivity contribution is 5.67. The van der Waals surface area contributed by atoms with Gasteiger partial charge in [-0.2, -0.15) is 5.10 Å². The molecular weight excluding hydrogens is 224 g/mol. The monoisotopic (exact) mass is 240 g/mol. The van der Waals surface area contributed by atoms with Crippen molar-refractivity contribution >= 4 is 11.5 Å². The van der Waals surface area contributed by atoms with Crippen molar-refractivity contribution in [2.45, 2.75) is 13.0 Å². The maximum absolute atomic E-state index is 4.31. The molecule has 1 aromatic heterocycles. The van der Waals surface area contributed by atoms with E-state index in [0.29, 0.717) is 0 Å². The van der Waals surface area contributed by atoms with E-state index < -0.39 is 0 Å². The molecule has 0 atom stereocenters. The van der Waals surface area contributed by atoms with Crippen LogP contribution in [-0.2, 0) is 13.0 Å². The number of fused-ring (bicyclic) bond motifs is 1. The highest BCUT2D eigenvalue weighted by Gasteiger charge is 2.20. The molecule has 0 fully saturated rings. The van der Waals surface area contributed by atoms with Crippen molar-refractivity contribution < 1.29 is 0 Å². The highest BCUT2D eigenvalue weighted by atomic mass is 15.3. The van der Waals surface area contributed by atoms with Gasteiger partial charge in [-0.05, 0) is 37.2 Å². The zero-order chi connectivity index (χ0) is 12.4. The molecule has 0 radical (unpaired) electrons. The Labute approximate surface area is 107 Å². The average molecular weight is 240 g/mol. The molecule has 3 rings (SSSR count). The molecule has 1 aliphatic rings. The molecule has 18 heavy (non-hydrogen) atoms. The molecule has 0 bridgehead atoms. The summed E-state index contributed by atoms with van der Waals surface area (Å²) in [5.74, 6) is 0.930. The van der Waals surface area contributed by atoms with Gasteiger partial charge in [0.2, 0.25) is 0 Å². The van der Waals surface area contributed by atoms with Crippen LogP contribution in [0.15, 0.2) is 36.4 Å². The zero-order valence-corrected chi connectivity index (χ0v) is 10.4. The van der Waals surface area contributed by atoms with E-state index in [9.17, 15) is 0 Å². The Morgan fingerprint density at radius 1 is 1.17 bits per heavy atom. The summed E-state index contributed by atoms with van der Waals surface area (Å²) in [5, 5.41) is 11.6. The summed E-state index contributed by atoms with van der Waals surface area (Å²) in [6.45, 7) is 1.74. The molecule has 0 amide bonds. The van der Waals surface area contributed by atoms with E-state index in [0.717, 1.165) is 31.0 Å². The maximum atomic E-state index is 4.31. The van der Waals surface area contributed by atoms with Crippen molar-refractivity contribution in [2.24, 2.45) is 0 Å². The van der Waals surface area contributed by atoms with E-state index in [1.54, 1.807) is 0 Å². The second-order valence-corrected chi connectivity index (χ2v) is 4.44. The van der Waals surface area contributed by atoms with Crippen LogP contribution in [0.3, 0.4) is 0 Å². The highest BCUT2D eigenvalue weighted by Crippen LogP contribution is 2.32. The van der Waals surface area contributed by atoms with Gasteiger partial charge in [0.05, 0.1) is 5.69 Å². The standard InChI is InChI=1S/C14H16N4/c1-15-10-12-6-7-14(17-16-12)18-9-8-11-4-2-3-5-13(11)18/h2-7,15H,8-10H2,1H3. The normalized spacial score (nSPS) is 13.7. The van der Waals surface area contributed by atoms with Crippen molar-refractivity contribution in [1.29, 1.82) is 0 Å². The summed E-state index contributed by atoms with van der Waals surface area (Å²) in [6.07, 6.45) is 1.08.